The highest BCUT2D eigenvalue weighted by atomic mass is 19.1. The van der Waals surface area contributed by atoms with E-state index in [9.17, 15) is 9.18 Å². The van der Waals surface area contributed by atoms with Crippen molar-refractivity contribution in [1.29, 1.82) is 0 Å². The van der Waals surface area contributed by atoms with E-state index in [1.807, 2.05) is 51.1 Å². The van der Waals surface area contributed by atoms with Gasteiger partial charge in [0, 0.05) is 29.3 Å². The Morgan fingerprint density at radius 2 is 1.68 bits per heavy atom. The number of anilines is 1. The highest BCUT2D eigenvalue weighted by Crippen LogP contribution is 2.20. The number of nitrogens with zero attached hydrogens (tertiary/aromatic N) is 2. The van der Waals surface area contributed by atoms with E-state index in [1.54, 1.807) is 24.3 Å². The number of hydrogen-bond donors (Lipinski definition) is 2. The zero-order valence-electron chi connectivity index (χ0n) is 16.2. The van der Waals surface area contributed by atoms with Gasteiger partial charge < -0.3 is 10.6 Å². The molecular weight excluding hydrogens is 355 g/mol. The Balaban J connectivity index is 1.89. The second-order valence-corrected chi connectivity index (χ2v) is 7.48. The number of benzene rings is 2. The van der Waals surface area contributed by atoms with Crippen LogP contribution in [0.2, 0.25) is 0 Å². The Bertz CT molecular complexity index is 968. The Morgan fingerprint density at radius 3 is 2.36 bits per heavy atom. The molecule has 0 unspecified atom stereocenters. The van der Waals surface area contributed by atoms with E-state index >= 15 is 0 Å². The monoisotopic (exact) mass is 378 g/mol. The van der Waals surface area contributed by atoms with Crippen molar-refractivity contribution in [1.82, 2.24) is 15.3 Å². The van der Waals surface area contributed by atoms with Crippen LogP contribution in [0.5, 0.6) is 0 Å². The minimum atomic E-state index is -0.389. The number of amides is 1. The Labute approximate surface area is 164 Å². The zero-order chi connectivity index (χ0) is 20.1. The molecule has 144 valence electrons. The molecule has 0 atom stereocenters. The summed E-state index contributed by atoms with van der Waals surface area (Å²) in [5.74, 6) is 0.258. The minimum Gasteiger partial charge on any atom is -0.365 e. The lowest BCUT2D eigenvalue weighted by atomic mass is 10.1. The first kappa shape index (κ1) is 19.5. The second kappa shape index (κ2) is 8.17. The van der Waals surface area contributed by atoms with Gasteiger partial charge in [-0.1, -0.05) is 48.5 Å². The number of rotatable bonds is 5. The maximum Gasteiger partial charge on any atom is 0.270 e. The summed E-state index contributed by atoms with van der Waals surface area (Å²) in [6, 6.07) is 17.4. The Kier molecular flexibility index (Phi) is 5.68. The van der Waals surface area contributed by atoms with E-state index in [1.165, 1.54) is 6.07 Å². The quantitative estimate of drug-likeness (QED) is 0.690. The van der Waals surface area contributed by atoms with Crippen LogP contribution in [0.15, 0.2) is 60.7 Å². The van der Waals surface area contributed by atoms with Crippen LogP contribution in [0, 0.1) is 5.82 Å². The van der Waals surface area contributed by atoms with Gasteiger partial charge in [-0.15, -0.1) is 0 Å². The van der Waals surface area contributed by atoms with Crippen LogP contribution in [-0.4, -0.2) is 21.4 Å². The predicted octanol–water partition coefficient (Wildman–Crippen LogP) is 4.42. The van der Waals surface area contributed by atoms with Crippen molar-refractivity contribution in [2.24, 2.45) is 0 Å². The molecule has 0 aliphatic carbocycles. The van der Waals surface area contributed by atoms with Crippen LogP contribution >= 0.6 is 0 Å². The summed E-state index contributed by atoms with van der Waals surface area (Å²) in [5, 5.41) is 6.01. The lowest BCUT2D eigenvalue weighted by Gasteiger charge is -2.22. The van der Waals surface area contributed by atoms with Crippen molar-refractivity contribution in [2.45, 2.75) is 32.9 Å². The molecule has 0 bridgehead atoms. The topological polar surface area (TPSA) is 66.9 Å². The average Bonchev–Trinajstić information content (AvgIpc) is 2.66. The number of hydrogen-bond acceptors (Lipinski definition) is 4. The maximum atomic E-state index is 13.8. The third-order valence-electron chi connectivity index (χ3n) is 3.89. The summed E-state index contributed by atoms with van der Waals surface area (Å²) in [7, 11) is 0. The molecule has 3 aromatic rings. The Hall–Kier alpha value is -3.28. The van der Waals surface area contributed by atoms with Gasteiger partial charge in [0.15, 0.2) is 5.82 Å². The van der Waals surface area contributed by atoms with E-state index in [0.29, 0.717) is 17.2 Å². The highest BCUT2D eigenvalue weighted by Gasteiger charge is 2.17. The number of carbonyl (C=O) groups is 1. The predicted molar refractivity (Wildman–Crippen MR) is 108 cm³/mol. The first-order valence-corrected chi connectivity index (χ1v) is 9.06. The SMILES string of the molecule is CC(C)(C)Nc1cc(C(=O)NCc2ccccc2F)nc(-c2ccccc2)n1. The van der Waals surface area contributed by atoms with Gasteiger partial charge >= 0.3 is 0 Å². The van der Waals surface area contributed by atoms with Crippen LogP contribution in [0.3, 0.4) is 0 Å². The lowest BCUT2D eigenvalue weighted by Crippen LogP contribution is -2.28. The van der Waals surface area contributed by atoms with Crippen LogP contribution in [-0.2, 0) is 6.54 Å². The maximum absolute atomic E-state index is 13.8. The molecule has 28 heavy (non-hydrogen) atoms. The molecule has 1 aromatic heterocycles. The summed E-state index contributed by atoms with van der Waals surface area (Å²) in [4.78, 5) is 21.6. The molecule has 0 saturated carbocycles. The molecule has 2 aromatic carbocycles. The van der Waals surface area contributed by atoms with Crippen LogP contribution in [0.25, 0.3) is 11.4 Å². The van der Waals surface area contributed by atoms with Crippen molar-refractivity contribution in [3.05, 3.63) is 77.7 Å². The van der Waals surface area contributed by atoms with E-state index in [-0.39, 0.29) is 29.5 Å². The lowest BCUT2D eigenvalue weighted by molar-refractivity contribution is 0.0945. The molecule has 0 aliphatic heterocycles. The van der Waals surface area contributed by atoms with E-state index < -0.39 is 0 Å². The Morgan fingerprint density at radius 1 is 1.00 bits per heavy atom. The van der Waals surface area contributed by atoms with Crippen molar-refractivity contribution >= 4 is 11.7 Å². The van der Waals surface area contributed by atoms with Crippen molar-refractivity contribution in [3.8, 4) is 11.4 Å². The van der Waals surface area contributed by atoms with Gasteiger partial charge in [0.05, 0.1) is 0 Å². The summed E-state index contributed by atoms with van der Waals surface area (Å²) >= 11 is 0. The fourth-order valence-electron chi connectivity index (χ4n) is 2.64. The third-order valence-corrected chi connectivity index (χ3v) is 3.89. The van der Waals surface area contributed by atoms with E-state index in [2.05, 4.69) is 20.6 Å². The van der Waals surface area contributed by atoms with Crippen molar-refractivity contribution < 1.29 is 9.18 Å². The molecule has 3 rings (SSSR count). The molecular formula is C22H23FN4O. The van der Waals surface area contributed by atoms with E-state index in [4.69, 9.17) is 0 Å². The molecule has 0 radical (unpaired) electrons. The normalized spacial score (nSPS) is 11.1. The molecule has 5 nitrogen and oxygen atoms in total. The van der Waals surface area contributed by atoms with Crippen molar-refractivity contribution in [3.63, 3.8) is 0 Å². The molecule has 2 N–H and O–H groups in total. The summed E-state index contributed by atoms with van der Waals surface area (Å²) < 4.78 is 13.8. The molecule has 0 aliphatic rings. The molecule has 1 heterocycles. The summed E-state index contributed by atoms with van der Waals surface area (Å²) in [5.41, 5.74) is 1.21. The van der Waals surface area contributed by atoms with Crippen molar-refractivity contribution in [2.75, 3.05) is 5.32 Å². The molecule has 0 spiro atoms. The van der Waals surface area contributed by atoms with Gasteiger partial charge in [0.25, 0.3) is 5.91 Å². The van der Waals surface area contributed by atoms with Gasteiger partial charge in [-0.05, 0) is 26.8 Å². The van der Waals surface area contributed by atoms with Gasteiger partial charge in [-0.2, -0.15) is 0 Å². The first-order valence-electron chi connectivity index (χ1n) is 9.06. The van der Waals surface area contributed by atoms with Gasteiger partial charge in [0.1, 0.15) is 17.3 Å². The third kappa shape index (κ3) is 5.13. The second-order valence-electron chi connectivity index (χ2n) is 7.48. The standard InChI is InChI=1S/C22H23FN4O/c1-22(2,3)27-19-13-18(25-20(26-19)15-9-5-4-6-10-15)21(28)24-14-16-11-7-8-12-17(16)23/h4-13H,14H2,1-3H3,(H,24,28)(H,25,26,27). The largest absolute Gasteiger partial charge is 0.365 e. The van der Waals surface area contributed by atoms with Crippen LogP contribution < -0.4 is 10.6 Å². The smallest absolute Gasteiger partial charge is 0.270 e. The minimum absolute atomic E-state index is 0.0816. The van der Waals surface area contributed by atoms with Crippen LogP contribution in [0.4, 0.5) is 10.2 Å². The highest BCUT2D eigenvalue weighted by molar-refractivity contribution is 5.93. The molecule has 0 saturated heterocycles. The average molecular weight is 378 g/mol. The fraction of sp³-hybridized carbons (Fsp3) is 0.227. The van der Waals surface area contributed by atoms with Gasteiger partial charge in [-0.25, -0.2) is 14.4 Å². The first-order chi connectivity index (χ1) is 13.3. The van der Waals surface area contributed by atoms with Gasteiger partial charge in [-0.3, -0.25) is 4.79 Å². The summed E-state index contributed by atoms with van der Waals surface area (Å²) in [6.07, 6.45) is 0. The molecule has 1 amide bonds. The number of halogens is 1. The number of carbonyl (C=O) groups excluding carboxylic acids is 1. The zero-order valence-corrected chi connectivity index (χ0v) is 16.2. The van der Waals surface area contributed by atoms with Crippen LogP contribution in [0.1, 0.15) is 36.8 Å². The van der Waals surface area contributed by atoms with Gasteiger partial charge in [0.2, 0.25) is 0 Å². The number of nitrogens with one attached hydrogen (secondary N) is 2. The molecule has 6 heteroatoms. The van der Waals surface area contributed by atoms with E-state index in [0.717, 1.165) is 5.56 Å². The number of aromatic nitrogens is 2. The molecule has 0 fully saturated rings. The fourth-order valence-corrected chi connectivity index (χ4v) is 2.64. The summed E-state index contributed by atoms with van der Waals surface area (Å²) in [6.45, 7) is 6.11.